The third-order valence-corrected chi connectivity index (χ3v) is 6.72. The Morgan fingerprint density at radius 3 is 2.24 bits per heavy atom. The van der Waals surface area contributed by atoms with Crippen LogP contribution in [0, 0.1) is 0 Å². The number of hydrogen-bond donors (Lipinski definition) is 2. The van der Waals surface area contributed by atoms with Gasteiger partial charge < -0.3 is 14.5 Å². The van der Waals surface area contributed by atoms with Crippen LogP contribution < -0.4 is 0 Å². The van der Waals surface area contributed by atoms with E-state index in [2.05, 4.69) is 102 Å². The van der Waals surface area contributed by atoms with Crippen molar-refractivity contribution in [2.75, 3.05) is 0 Å². The molecule has 2 aromatic carbocycles. The van der Waals surface area contributed by atoms with E-state index in [1.165, 1.54) is 38.6 Å². The van der Waals surface area contributed by atoms with Crippen molar-refractivity contribution in [2.45, 2.75) is 51.6 Å². The van der Waals surface area contributed by atoms with Gasteiger partial charge in [0, 0.05) is 64.4 Å². The van der Waals surface area contributed by atoms with Crippen molar-refractivity contribution < 1.29 is 0 Å². The molecule has 2 N–H and O–H groups in total. The van der Waals surface area contributed by atoms with Crippen LogP contribution >= 0.6 is 0 Å². The Labute approximate surface area is 193 Å². The lowest BCUT2D eigenvalue weighted by Gasteiger charge is -2.22. The molecule has 1 atom stereocenters. The van der Waals surface area contributed by atoms with Crippen molar-refractivity contribution in [1.82, 2.24) is 19.5 Å². The Bertz CT molecular complexity index is 1490. The Kier molecular flexibility index (Phi) is 4.54. The van der Waals surface area contributed by atoms with Crippen LogP contribution in [0.2, 0.25) is 0 Å². The van der Waals surface area contributed by atoms with Crippen LogP contribution in [0.1, 0.15) is 49.5 Å². The van der Waals surface area contributed by atoms with E-state index in [1.54, 1.807) is 0 Å². The maximum atomic E-state index is 5.29. The molecule has 5 nitrogen and oxygen atoms in total. The number of para-hydroxylation sites is 2. The van der Waals surface area contributed by atoms with Crippen LogP contribution in [0.5, 0.6) is 0 Å². The molecule has 3 aromatic heterocycles. The summed E-state index contributed by atoms with van der Waals surface area (Å²) in [5.74, 6) is 1.08. The van der Waals surface area contributed by atoms with Crippen molar-refractivity contribution in [3.8, 4) is 0 Å². The molecule has 0 saturated heterocycles. The van der Waals surface area contributed by atoms with Crippen LogP contribution in [-0.2, 0) is 24.8 Å². The molecule has 0 spiro atoms. The maximum absolute atomic E-state index is 5.29. The van der Waals surface area contributed by atoms with E-state index in [9.17, 15) is 0 Å². The van der Waals surface area contributed by atoms with Gasteiger partial charge in [-0.1, -0.05) is 57.2 Å². The van der Waals surface area contributed by atoms with Crippen LogP contribution in [0.25, 0.3) is 21.8 Å². The number of hydrogen-bond acceptors (Lipinski definition) is 2. The van der Waals surface area contributed by atoms with Gasteiger partial charge in [-0.25, -0.2) is 4.98 Å². The van der Waals surface area contributed by atoms with E-state index in [4.69, 9.17) is 9.98 Å². The van der Waals surface area contributed by atoms with Gasteiger partial charge >= 0.3 is 0 Å². The summed E-state index contributed by atoms with van der Waals surface area (Å²) in [6.07, 6.45) is 8.18. The van der Waals surface area contributed by atoms with E-state index < -0.39 is 0 Å². The molecule has 0 aliphatic carbocycles. The minimum Gasteiger partial charge on any atom is -0.361 e. The van der Waals surface area contributed by atoms with Gasteiger partial charge in [-0.15, -0.1) is 0 Å². The van der Waals surface area contributed by atoms with E-state index in [1.807, 2.05) is 0 Å². The second-order valence-electron chi connectivity index (χ2n) is 10.2. The molecule has 0 fully saturated rings. The summed E-state index contributed by atoms with van der Waals surface area (Å²) < 4.78 is 2.33. The highest BCUT2D eigenvalue weighted by atomic mass is 15.1. The first-order valence-corrected chi connectivity index (χ1v) is 11.7. The summed E-state index contributed by atoms with van der Waals surface area (Å²) in [4.78, 5) is 17.2. The van der Waals surface area contributed by atoms with E-state index in [-0.39, 0.29) is 11.5 Å². The summed E-state index contributed by atoms with van der Waals surface area (Å²) in [6, 6.07) is 17.0. The van der Waals surface area contributed by atoms with Crippen molar-refractivity contribution in [3.05, 3.63) is 89.8 Å². The SMILES string of the molecule is CC(C)(C)c1cn2c(n1)C(Cc1c[nH]c3ccccc13)N=C(Cc1c[nH]c3ccccc13)C2. The number of aromatic amines is 2. The lowest BCUT2D eigenvalue weighted by atomic mass is 9.93. The largest absolute Gasteiger partial charge is 0.361 e. The molecule has 0 saturated carbocycles. The number of aromatic nitrogens is 4. The summed E-state index contributed by atoms with van der Waals surface area (Å²) in [5.41, 5.74) is 7.28. The van der Waals surface area contributed by atoms with Crippen LogP contribution in [0.3, 0.4) is 0 Å². The number of rotatable bonds is 4. The van der Waals surface area contributed by atoms with Crippen molar-refractivity contribution in [3.63, 3.8) is 0 Å². The summed E-state index contributed by atoms with van der Waals surface area (Å²) >= 11 is 0. The summed E-state index contributed by atoms with van der Waals surface area (Å²) in [6.45, 7) is 7.47. The van der Waals surface area contributed by atoms with Gasteiger partial charge in [0.05, 0.1) is 12.2 Å². The van der Waals surface area contributed by atoms with Gasteiger partial charge in [0.2, 0.25) is 0 Å². The zero-order valence-electron chi connectivity index (χ0n) is 19.4. The van der Waals surface area contributed by atoms with Crippen LogP contribution in [-0.4, -0.2) is 25.2 Å². The highest BCUT2D eigenvalue weighted by Gasteiger charge is 2.28. The number of aliphatic imine (C=N–C) groups is 1. The molecule has 33 heavy (non-hydrogen) atoms. The molecule has 6 rings (SSSR count). The molecule has 1 aliphatic rings. The second-order valence-corrected chi connectivity index (χ2v) is 10.2. The third kappa shape index (κ3) is 3.58. The average molecular weight is 436 g/mol. The zero-order chi connectivity index (χ0) is 22.6. The Hall–Kier alpha value is -3.60. The molecule has 166 valence electrons. The molecule has 5 heteroatoms. The maximum Gasteiger partial charge on any atom is 0.134 e. The average Bonchev–Trinajstić information content (AvgIpc) is 3.51. The fourth-order valence-electron chi connectivity index (χ4n) is 4.94. The van der Waals surface area contributed by atoms with Gasteiger partial charge in [0.15, 0.2) is 0 Å². The number of benzene rings is 2. The van der Waals surface area contributed by atoms with Gasteiger partial charge in [-0.3, -0.25) is 4.99 Å². The molecular formula is C28H29N5. The monoisotopic (exact) mass is 435 g/mol. The van der Waals surface area contributed by atoms with Crippen molar-refractivity contribution in [2.24, 2.45) is 4.99 Å². The normalized spacial score (nSPS) is 16.3. The highest BCUT2D eigenvalue weighted by molar-refractivity contribution is 5.93. The standard InChI is InChI=1S/C28H29N5/c1-28(2,3)26-17-33-16-20(12-18-14-29-23-10-6-4-8-21(18)23)31-25(27(33)32-26)13-19-15-30-24-11-7-5-9-22(19)24/h4-11,14-15,17,25,29-30H,12-13,16H2,1-3H3. The number of fused-ring (bicyclic) bond motifs is 3. The number of imidazole rings is 1. The quantitative estimate of drug-likeness (QED) is 0.351. The molecule has 0 amide bonds. The molecule has 1 aliphatic heterocycles. The Morgan fingerprint density at radius 2 is 1.55 bits per heavy atom. The third-order valence-electron chi connectivity index (χ3n) is 6.72. The van der Waals surface area contributed by atoms with Gasteiger partial charge in [0.25, 0.3) is 0 Å². The van der Waals surface area contributed by atoms with E-state index in [0.29, 0.717) is 0 Å². The fourth-order valence-corrected chi connectivity index (χ4v) is 4.94. The van der Waals surface area contributed by atoms with Gasteiger partial charge in [0.1, 0.15) is 11.9 Å². The first kappa shape index (κ1) is 20.0. The minimum atomic E-state index is 0.00662. The minimum absolute atomic E-state index is 0.00662. The first-order valence-electron chi connectivity index (χ1n) is 11.7. The topological polar surface area (TPSA) is 61.8 Å². The molecule has 5 aromatic rings. The molecule has 0 bridgehead atoms. The zero-order valence-corrected chi connectivity index (χ0v) is 19.4. The van der Waals surface area contributed by atoms with E-state index >= 15 is 0 Å². The Balaban J connectivity index is 1.39. The predicted octanol–water partition coefficient (Wildman–Crippen LogP) is 6.12. The number of nitrogens with zero attached hydrogens (tertiary/aromatic N) is 3. The Morgan fingerprint density at radius 1 is 0.909 bits per heavy atom. The van der Waals surface area contributed by atoms with Crippen LogP contribution in [0.4, 0.5) is 0 Å². The molecule has 0 radical (unpaired) electrons. The predicted molar refractivity (Wildman–Crippen MR) is 135 cm³/mol. The smallest absolute Gasteiger partial charge is 0.134 e. The lowest BCUT2D eigenvalue weighted by molar-refractivity contribution is 0.565. The summed E-state index contributed by atoms with van der Waals surface area (Å²) in [5, 5.41) is 2.55. The van der Waals surface area contributed by atoms with Crippen molar-refractivity contribution in [1.29, 1.82) is 0 Å². The first-order chi connectivity index (χ1) is 16.0. The second kappa shape index (κ2) is 7.48. The lowest BCUT2D eigenvalue weighted by Crippen LogP contribution is -2.23. The molecule has 4 heterocycles. The number of nitrogens with one attached hydrogen (secondary N) is 2. The van der Waals surface area contributed by atoms with E-state index in [0.717, 1.165) is 30.9 Å². The van der Waals surface area contributed by atoms with Gasteiger partial charge in [-0.2, -0.15) is 0 Å². The molecule has 1 unspecified atom stereocenters. The van der Waals surface area contributed by atoms with Crippen LogP contribution in [0.15, 0.2) is 72.1 Å². The number of H-pyrrole nitrogens is 2. The highest BCUT2D eigenvalue weighted by Crippen LogP contribution is 2.32. The summed E-state index contributed by atoms with van der Waals surface area (Å²) in [7, 11) is 0. The van der Waals surface area contributed by atoms with Crippen molar-refractivity contribution >= 4 is 27.5 Å². The molecular weight excluding hydrogens is 406 g/mol. The van der Waals surface area contributed by atoms with Gasteiger partial charge in [-0.05, 0) is 23.3 Å². The fraction of sp³-hybridized carbons (Fsp3) is 0.286.